The van der Waals surface area contributed by atoms with Crippen LogP contribution in [0, 0.1) is 0 Å². The fourth-order valence-corrected chi connectivity index (χ4v) is 6.50. The van der Waals surface area contributed by atoms with Crippen molar-refractivity contribution < 1.29 is 24.3 Å². The SMILES string of the molecule is CNc1nnc(-c2ccccc2O)cc1N1CCN(C2CCN(CC(C)Oc3cc(CC(=O)N4CCC(O)C4)on3)C2)CC1. The number of para-hydroxylation sites is 1. The van der Waals surface area contributed by atoms with Crippen LogP contribution in [0.15, 0.2) is 40.9 Å². The predicted octanol–water partition coefficient (Wildman–Crippen LogP) is 1.68. The Hall–Kier alpha value is -3.94. The topological polar surface area (TPSA) is 144 Å². The van der Waals surface area contributed by atoms with Crippen LogP contribution in [0.25, 0.3) is 11.3 Å². The number of piperazine rings is 1. The molecule has 0 saturated carbocycles. The molecule has 6 rings (SSSR count). The van der Waals surface area contributed by atoms with Gasteiger partial charge in [-0.05, 0) is 49.7 Å². The molecule has 3 saturated heterocycles. The molecule has 0 bridgehead atoms. The fourth-order valence-electron chi connectivity index (χ4n) is 6.50. The highest BCUT2D eigenvalue weighted by Gasteiger charge is 2.32. The van der Waals surface area contributed by atoms with E-state index in [9.17, 15) is 15.0 Å². The number of nitrogens with zero attached hydrogens (tertiary/aromatic N) is 7. The maximum Gasteiger partial charge on any atom is 0.254 e. The summed E-state index contributed by atoms with van der Waals surface area (Å²) in [5, 5.41) is 35.9. The van der Waals surface area contributed by atoms with Gasteiger partial charge < -0.3 is 34.6 Å². The van der Waals surface area contributed by atoms with Crippen molar-refractivity contribution in [3.8, 4) is 22.9 Å². The standard InChI is InChI=1S/C31H42N8O5/c1-21(43-29-15-24(44-35-29)16-30(42)39-10-8-23(40)20-39)18-36-9-7-22(19-36)37-11-13-38(14-12-37)27-17-26(33-34-31(27)32-2)25-5-3-4-6-28(25)41/h3-6,15,17,21-23,40-41H,7-14,16,18-20H2,1-2H3,(H,32,34). The minimum Gasteiger partial charge on any atom is -0.507 e. The summed E-state index contributed by atoms with van der Waals surface area (Å²) < 4.78 is 11.4. The average molecular weight is 607 g/mol. The molecule has 44 heavy (non-hydrogen) atoms. The van der Waals surface area contributed by atoms with Crippen molar-refractivity contribution in [1.82, 2.24) is 30.1 Å². The van der Waals surface area contributed by atoms with Crippen LogP contribution in [0.2, 0.25) is 0 Å². The Labute approximate surface area is 257 Å². The molecule has 3 aliphatic rings. The third kappa shape index (κ3) is 6.90. The first-order valence-corrected chi connectivity index (χ1v) is 15.5. The molecule has 13 heteroatoms. The number of benzene rings is 1. The highest BCUT2D eigenvalue weighted by atomic mass is 16.5. The summed E-state index contributed by atoms with van der Waals surface area (Å²) in [6.07, 6.45) is 1.33. The van der Waals surface area contributed by atoms with Crippen molar-refractivity contribution in [3.05, 3.63) is 42.2 Å². The van der Waals surface area contributed by atoms with Gasteiger partial charge in [0.1, 0.15) is 17.6 Å². The number of rotatable bonds is 10. The Kier molecular flexibility index (Phi) is 9.14. The molecule has 3 aliphatic heterocycles. The van der Waals surface area contributed by atoms with E-state index in [1.54, 1.807) is 23.1 Å². The van der Waals surface area contributed by atoms with E-state index in [0.29, 0.717) is 48.4 Å². The number of phenols is 1. The third-order valence-electron chi connectivity index (χ3n) is 8.83. The number of phenolic OH excluding ortho intramolecular Hbond substituents is 1. The van der Waals surface area contributed by atoms with Crippen molar-refractivity contribution in [2.24, 2.45) is 0 Å². The minimum absolute atomic E-state index is 0.0709. The van der Waals surface area contributed by atoms with Crippen molar-refractivity contribution >= 4 is 17.4 Å². The van der Waals surface area contributed by atoms with Gasteiger partial charge >= 0.3 is 0 Å². The van der Waals surface area contributed by atoms with Gasteiger partial charge in [-0.2, -0.15) is 0 Å². The summed E-state index contributed by atoms with van der Waals surface area (Å²) in [7, 11) is 1.85. The zero-order valence-corrected chi connectivity index (χ0v) is 25.4. The van der Waals surface area contributed by atoms with E-state index in [2.05, 4.69) is 35.4 Å². The molecule has 0 spiro atoms. The smallest absolute Gasteiger partial charge is 0.254 e. The number of aliphatic hydroxyl groups is 1. The molecule has 1 amide bonds. The molecule has 3 N–H and O–H groups in total. The summed E-state index contributed by atoms with van der Waals surface area (Å²) in [6.45, 7) is 9.44. The van der Waals surface area contributed by atoms with Crippen LogP contribution in [-0.2, 0) is 11.2 Å². The van der Waals surface area contributed by atoms with Crippen LogP contribution in [0.5, 0.6) is 11.6 Å². The number of hydrogen-bond acceptors (Lipinski definition) is 12. The Bertz CT molecular complexity index is 1430. The molecule has 0 aliphatic carbocycles. The van der Waals surface area contributed by atoms with E-state index < -0.39 is 6.10 Å². The highest BCUT2D eigenvalue weighted by molar-refractivity contribution is 5.78. The molecule has 2 aromatic heterocycles. The molecular weight excluding hydrogens is 564 g/mol. The van der Waals surface area contributed by atoms with Crippen molar-refractivity contribution in [2.45, 2.75) is 44.4 Å². The normalized spacial score (nSPS) is 22.0. The van der Waals surface area contributed by atoms with Gasteiger partial charge in [0.15, 0.2) is 5.82 Å². The fraction of sp³-hybridized carbons (Fsp3) is 0.548. The second kappa shape index (κ2) is 13.4. The van der Waals surface area contributed by atoms with Crippen LogP contribution in [0.4, 0.5) is 11.5 Å². The molecule has 0 radical (unpaired) electrons. The summed E-state index contributed by atoms with van der Waals surface area (Å²) in [6, 6.07) is 11.4. The number of β-amino-alcohol motifs (C(OH)–C–C–N with tert-alkyl or cyclic N) is 1. The lowest BCUT2D eigenvalue weighted by molar-refractivity contribution is -0.130. The number of hydrogen-bond donors (Lipinski definition) is 3. The lowest BCUT2D eigenvalue weighted by atomic mass is 10.1. The third-order valence-corrected chi connectivity index (χ3v) is 8.83. The Morgan fingerprint density at radius 2 is 1.91 bits per heavy atom. The van der Waals surface area contributed by atoms with Gasteiger partial charge in [-0.25, -0.2) is 0 Å². The number of nitrogens with one attached hydrogen (secondary N) is 1. The van der Waals surface area contributed by atoms with Crippen molar-refractivity contribution in [3.63, 3.8) is 0 Å². The van der Waals surface area contributed by atoms with Gasteiger partial charge in [0, 0.05) is 77.1 Å². The molecule has 5 heterocycles. The molecule has 13 nitrogen and oxygen atoms in total. The first kappa shape index (κ1) is 30.1. The average Bonchev–Trinajstić information content (AvgIpc) is 3.79. The van der Waals surface area contributed by atoms with Gasteiger partial charge in [0.05, 0.1) is 23.9 Å². The van der Waals surface area contributed by atoms with Crippen LogP contribution >= 0.6 is 0 Å². The minimum atomic E-state index is -0.440. The van der Waals surface area contributed by atoms with Gasteiger partial charge in [0.25, 0.3) is 5.88 Å². The number of aromatic nitrogens is 3. The van der Waals surface area contributed by atoms with Gasteiger partial charge in [-0.1, -0.05) is 12.1 Å². The van der Waals surface area contributed by atoms with Crippen LogP contribution in [0.3, 0.4) is 0 Å². The van der Waals surface area contributed by atoms with E-state index in [1.807, 2.05) is 32.2 Å². The van der Waals surface area contributed by atoms with Crippen LogP contribution in [0.1, 0.15) is 25.5 Å². The zero-order chi connectivity index (χ0) is 30.6. The van der Waals surface area contributed by atoms with E-state index in [4.69, 9.17) is 9.26 Å². The first-order chi connectivity index (χ1) is 21.4. The molecule has 3 aromatic rings. The number of amides is 1. The van der Waals surface area contributed by atoms with Gasteiger partial charge in [-0.15, -0.1) is 10.2 Å². The number of anilines is 2. The van der Waals surface area contributed by atoms with E-state index >= 15 is 0 Å². The number of likely N-dealkylation sites (tertiary alicyclic amines) is 2. The van der Waals surface area contributed by atoms with Gasteiger partial charge in [0.2, 0.25) is 5.91 Å². The molecule has 3 unspecified atom stereocenters. The molecule has 3 fully saturated rings. The van der Waals surface area contributed by atoms with Crippen LogP contribution < -0.4 is 15.0 Å². The van der Waals surface area contributed by atoms with E-state index in [-0.39, 0.29) is 24.2 Å². The maximum atomic E-state index is 12.4. The highest BCUT2D eigenvalue weighted by Crippen LogP contribution is 2.33. The van der Waals surface area contributed by atoms with Crippen LogP contribution in [-0.4, -0.2) is 130 Å². The number of carbonyl (C=O) groups is 1. The second-order valence-corrected chi connectivity index (χ2v) is 12.0. The lowest BCUT2D eigenvalue weighted by Gasteiger charge is -2.39. The summed E-state index contributed by atoms with van der Waals surface area (Å²) in [5.41, 5.74) is 2.32. The summed E-state index contributed by atoms with van der Waals surface area (Å²) >= 11 is 0. The number of carbonyl (C=O) groups excluding carboxylic acids is 1. The van der Waals surface area contributed by atoms with Gasteiger partial charge in [-0.3, -0.25) is 14.6 Å². The Balaban J connectivity index is 0.970. The molecular formula is C31H42N8O5. The summed E-state index contributed by atoms with van der Waals surface area (Å²) in [5.74, 6) is 1.72. The van der Waals surface area contributed by atoms with E-state index in [0.717, 1.165) is 63.7 Å². The maximum absolute atomic E-state index is 12.4. The Morgan fingerprint density at radius 3 is 2.66 bits per heavy atom. The van der Waals surface area contributed by atoms with Crippen molar-refractivity contribution in [1.29, 1.82) is 0 Å². The number of aliphatic hydroxyl groups excluding tert-OH is 1. The first-order valence-electron chi connectivity index (χ1n) is 15.5. The summed E-state index contributed by atoms with van der Waals surface area (Å²) in [4.78, 5) is 21.5. The second-order valence-electron chi connectivity index (χ2n) is 12.0. The Morgan fingerprint density at radius 1 is 1.09 bits per heavy atom. The largest absolute Gasteiger partial charge is 0.507 e. The molecule has 236 valence electrons. The number of ether oxygens (including phenoxy) is 1. The molecule has 1 aromatic carbocycles. The predicted molar refractivity (Wildman–Crippen MR) is 165 cm³/mol. The van der Waals surface area contributed by atoms with Crippen molar-refractivity contribution in [2.75, 3.05) is 76.2 Å². The quantitative estimate of drug-likeness (QED) is 0.309. The molecule has 3 atom stereocenters. The lowest BCUT2D eigenvalue weighted by Crippen LogP contribution is -2.51. The monoisotopic (exact) mass is 606 g/mol. The number of aromatic hydroxyl groups is 1. The van der Waals surface area contributed by atoms with E-state index in [1.165, 1.54) is 0 Å². The zero-order valence-electron chi connectivity index (χ0n) is 25.4.